The molecule has 0 bridgehead atoms. The topological polar surface area (TPSA) is 83.9 Å². The van der Waals surface area contributed by atoms with E-state index in [0.717, 1.165) is 29.8 Å². The number of likely N-dealkylation sites (N-methyl/N-ethyl adjacent to an activating group) is 1. The van der Waals surface area contributed by atoms with Crippen molar-refractivity contribution in [1.82, 2.24) is 9.88 Å². The Morgan fingerprint density at radius 1 is 0.870 bits per heavy atom. The van der Waals surface area contributed by atoms with Gasteiger partial charge in [-0.15, -0.1) is 0 Å². The second-order valence-corrected chi connectivity index (χ2v) is 11.2. The summed E-state index contributed by atoms with van der Waals surface area (Å²) in [5, 5.41) is 11.7. The van der Waals surface area contributed by atoms with Crippen LogP contribution in [0.2, 0.25) is 0 Å². The van der Waals surface area contributed by atoms with Crippen molar-refractivity contribution >= 4 is 11.6 Å². The molecule has 4 atom stereocenters. The van der Waals surface area contributed by atoms with E-state index in [1.54, 1.807) is 18.3 Å². The molecule has 242 valence electrons. The maximum atomic E-state index is 14.1. The van der Waals surface area contributed by atoms with Gasteiger partial charge < -0.3 is 24.8 Å². The minimum Gasteiger partial charge on any atom is -0.392 e. The van der Waals surface area contributed by atoms with Gasteiger partial charge in [0.05, 0.1) is 18.8 Å². The van der Waals surface area contributed by atoms with E-state index in [4.69, 9.17) is 9.47 Å². The van der Waals surface area contributed by atoms with Crippen molar-refractivity contribution in [3.63, 3.8) is 0 Å². The van der Waals surface area contributed by atoms with Gasteiger partial charge in [-0.05, 0) is 42.4 Å². The molecule has 1 amide bonds. The summed E-state index contributed by atoms with van der Waals surface area (Å²) in [5.41, 5.74) is 1.66. The van der Waals surface area contributed by atoms with Crippen molar-refractivity contribution in [3.8, 4) is 0 Å². The number of aromatic nitrogens is 1. The minimum absolute atomic E-state index is 0.0452. The molecule has 46 heavy (non-hydrogen) atoms. The summed E-state index contributed by atoms with van der Waals surface area (Å²) in [5.74, 6) is -12.8. The van der Waals surface area contributed by atoms with Crippen LogP contribution in [0.1, 0.15) is 52.1 Å². The number of halogens is 5. The van der Waals surface area contributed by atoms with E-state index in [-0.39, 0.29) is 30.4 Å². The number of nitrogens with one attached hydrogen (secondary N) is 1. The van der Waals surface area contributed by atoms with Crippen LogP contribution in [0.15, 0.2) is 72.9 Å². The molecular weight excluding hydrogens is 609 g/mol. The molecule has 3 aromatic carbocycles. The fraction of sp³-hybridized carbons (Fsp3) is 0.294. The van der Waals surface area contributed by atoms with Gasteiger partial charge in [-0.3, -0.25) is 9.78 Å². The van der Waals surface area contributed by atoms with E-state index >= 15 is 0 Å². The molecule has 2 heterocycles. The van der Waals surface area contributed by atoms with E-state index in [0.29, 0.717) is 12.1 Å². The molecule has 0 radical (unpaired) electrons. The predicted molar refractivity (Wildman–Crippen MR) is 159 cm³/mol. The normalized spacial score (nSPS) is 19.8. The number of hydrogen-bond donors (Lipinski definition) is 2. The molecule has 1 saturated heterocycles. The number of aliphatic hydroxyl groups excluding tert-OH is 1. The summed E-state index contributed by atoms with van der Waals surface area (Å²) in [6.07, 6.45) is 1.01. The molecule has 0 unspecified atom stereocenters. The number of nitrogens with zero attached hydrogens (tertiary/aromatic N) is 2. The van der Waals surface area contributed by atoms with Crippen LogP contribution in [-0.2, 0) is 22.5 Å². The molecule has 4 aromatic rings. The minimum atomic E-state index is -2.35. The zero-order chi connectivity index (χ0) is 33.0. The average molecular weight is 642 g/mol. The second-order valence-electron chi connectivity index (χ2n) is 11.2. The Morgan fingerprint density at radius 3 is 2.11 bits per heavy atom. The number of hydrogen-bond acceptors (Lipinski definition) is 6. The Kier molecular flexibility index (Phi) is 10.4. The fourth-order valence-electron chi connectivity index (χ4n) is 5.30. The molecule has 2 N–H and O–H groups in total. The molecular formula is C34H32F5N3O4. The van der Waals surface area contributed by atoms with E-state index in [2.05, 4.69) is 15.2 Å². The lowest BCUT2D eigenvalue weighted by atomic mass is 9.90. The maximum Gasteiger partial charge on any atom is 0.261 e. The summed E-state index contributed by atoms with van der Waals surface area (Å²) >= 11 is 0. The number of anilines is 1. The van der Waals surface area contributed by atoms with Gasteiger partial charge in [-0.25, -0.2) is 22.0 Å². The molecule has 0 spiro atoms. The van der Waals surface area contributed by atoms with Crippen molar-refractivity contribution in [2.45, 2.75) is 38.4 Å². The number of ether oxygens (including phenoxy) is 2. The fourth-order valence-corrected chi connectivity index (χ4v) is 5.30. The van der Waals surface area contributed by atoms with Crippen LogP contribution in [0.3, 0.4) is 0 Å². The molecule has 0 saturated carbocycles. The highest BCUT2D eigenvalue weighted by Gasteiger charge is 2.39. The van der Waals surface area contributed by atoms with E-state index < -0.39 is 46.8 Å². The van der Waals surface area contributed by atoms with Gasteiger partial charge in [0.1, 0.15) is 5.56 Å². The molecule has 1 aromatic heterocycles. The largest absolute Gasteiger partial charge is 0.392 e. The van der Waals surface area contributed by atoms with Crippen LogP contribution in [0.4, 0.5) is 27.6 Å². The molecule has 1 aliphatic heterocycles. The van der Waals surface area contributed by atoms with Crippen molar-refractivity contribution in [2.75, 3.05) is 25.5 Å². The van der Waals surface area contributed by atoms with Gasteiger partial charge in [0.25, 0.3) is 5.91 Å². The predicted octanol–water partition coefficient (Wildman–Crippen LogP) is 6.49. The average Bonchev–Trinajstić information content (AvgIpc) is 3.07. The zero-order valence-corrected chi connectivity index (χ0v) is 25.0. The first-order valence-electron chi connectivity index (χ1n) is 14.6. The molecule has 0 aliphatic carbocycles. The summed E-state index contributed by atoms with van der Waals surface area (Å²) in [7, 11) is 2.00. The van der Waals surface area contributed by atoms with Gasteiger partial charge in [-0.1, -0.05) is 49.4 Å². The number of amides is 1. The van der Waals surface area contributed by atoms with Crippen molar-refractivity contribution in [2.24, 2.45) is 5.92 Å². The summed E-state index contributed by atoms with van der Waals surface area (Å²) < 4.78 is 81.8. The van der Waals surface area contributed by atoms with E-state index in [1.807, 2.05) is 56.4 Å². The summed E-state index contributed by atoms with van der Waals surface area (Å²) in [4.78, 5) is 19.0. The Hall–Kier alpha value is -4.23. The lowest BCUT2D eigenvalue weighted by Crippen LogP contribution is -2.43. The molecule has 5 rings (SSSR count). The molecule has 1 aliphatic rings. The Bertz CT molecular complexity index is 1630. The number of pyridine rings is 1. The lowest BCUT2D eigenvalue weighted by Gasteiger charge is -2.42. The summed E-state index contributed by atoms with van der Waals surface area (Å²) in [6.45, 7) is 3.26. The Morgan fingerprint density at radius 2 is 1.50 bits per heavy atom. The van der Waals surface area contributed by atoms with Crippen LogP contribution in [0, 0.1) is 35.0 Å². The monoisotopic (exact) mass is 641 g/mol. The number of aliphatic hydroxyl groups is 1. The standard InChI is InChI=1S/C34H32F5N3O4/c1-19-25(17-42(2)16-14-23-5-3-4-15-40-23)45-34(46-32(19)21-8-6-20(18-43)7-9-21)22-10-12-24(13-11-22)41-33(44)26-27(35)29(37)31(39)30(38)28(26)36/h3-13,15,19,25,32,34,43H,14,16-18H2,1-2H3,(H,41,44)/t19-,25+,32+,34+/m0/s1. The second kappa shape index (κ2) is 14.5. The molecule has 7 nitrogen and oxygen atoms in total. The molecule has 12 heteroatoms. The van der Waals surface area contributed by atoms with E-state index in [1.165, 1.54) is 12.1 Å². The van der Waals surface area contributed by atoms with Crippen molar-refractivity contribution in [1.29, 1.82) is 0 Å². The van der Waals surface area contributed by atoms with Crippen molar-refractivity contribution < 1.29 is 41.3 Å². The summed E-state index contributed by atoms with van der Waals surface area (Å²) in [6, 6.07) is 19.2. The van der Waals surface area contributed by atoms with Crippen molar-refractivity contribution in [3.05, 3.63) is 130 Å². The highest BCUT2D eigenvalue weighted by molar-refractivity contribution is 6.04. The smallest absolute Gasteiger partial charge is 0.261 e. The van der Waals surface area contributed by atoms with Crippen LogP contribution < -0.4 is 5.32 Å². The van der Waals surface area contributed by atoms with Crippen LogP contribution in [0.25, 0.3) is 0 Å². The third-order valence-electron chi connectivity index (χ3n) is 7.97. The number of carbonyl (C=O) groups excluding carboxylic acids is 1. The van der Waals surface area contributed by atoms with Crippen LogP contribution in [-0.4, -0.2) is 47.1 Å². The zero-order valence-electron chi connectivity index (χ0n) is 25.0. The van der Waals surface area contributed by atoms with Gasteiger partial charge in [-0.2, -0.15) is 0 Å². The van der Waals surface area contributed by atoms with Crippen LogP contribution >= 0.6 is 0 Å². The van der Waals surface area contributed by atoms with E-state index in [9.17, 15) is 31.9 Å². The first-order chi connectivity index (χ1) is 22.1. The molecule has 1 fully saturated rings. The maximum absolute atomic E-state index is 14.1. The first kappa shape index (κ1) is 33.1. The van der Waals surface area contributed by atoms with Gasteiger partial charge >= 0.3 is 0 Å². The van der Waals surface area contributed by atoms with Crippen LogP contribution in [0.5, 0.6) is 0 Å². The Balaban J connectivity index is 1.34. The third-order valence-corrected chi connectivity index (χ3v) is 7.97. The van der Waals surface area contributed by atoms with Gasteiger partial charge in [0.2, 0.25) is 5.82 Å². The third kappa shape index (κ3) is 7.26. The highest BCUT2D eigenvalue weighted by atomic mass is 19.2. The highest BCUT2D eigenvalue weighted by Crippen LogP contribution is 2.42. The number of rotatable bonds is 10. The number of carbonyl (C=O) groups is 1. The lowest BCUT2D eigenvalue weighted by molar-refractivity contribution is -0.275. The van der Waals surface area contributed by atoms with Gasteiger partial charge in [0.15, 0.2) is 29.6 Å². The SMILES string of the molecule is C[C@H]1[C@@H](CN(C)CCc2ccccn2)O[C@@H](c2ccc(NC(=O)c3c(F)c(F)c(F)c(F)c3F)cc2)O[C@H]1c1ccc(CO)cc1. The quantitative estimate of drug-likeness (QED) is 0.117. The first-order valence-corrected chi connectivity index (χ1v) is 14.6. The Labute approximate surface area is 262 Å². The number of benzene rings is 3. The van der Waals surface area contributed by atoms with Gasteiger partial charge in [0, 0.05) is 48.6 Å².